The van der Waals surface area contributed by atoms with Gasteiger partial charge in [0.1, 0.15) is 23.8 Å². The fourth-order valence-corrected chi connectivity index (χ4v) is 2.33. The van der Waals surface area contributed by atoms with Gasteiger partial charge >= 0.3 is 5.97 Å². The van der Waals surface area contributed by atoms with Gasteiger partial charge < -0.3 is 14.7 Å². The van der Waals surface area contributed by atoms with Crippen molar-refractivity contribution < 1.29 is 28.2 Å². The first-order chi connectivity index (χ1) is 10.8. The third-order valence-corrected chi connectivity index (χ3v) is 3.67. The number of morpholine rings is 1. The average Bonchev–Trinajstić information content (AvgIpc) is 2.50. The first kappa shape index (κ1) is 19.0. The summed E-state index contributed by atoms with van der Waals surface area (Å²) >= 11 is 0. The van der Waals surface area contributed by atoms with Gasteiger partial charge in [-0.05, 0) is 25.0 Å². The third-order valence-electron chi connectivity index (χ3n) is 3.67. The van der Waals surface area contributed by atoms with Crippen LogP contribution in [0.4, 0.5) is 8.78 Å². The van der Waals surface area contributed by atoms with E-state index in [1.54, 1.807) is 0 Å². The highest BCUT2D eigenvalue weighted by atomic mass is 19.1. The Morgan fingerprint density at radius 3 is 2.26 bits per heavy atom. The number of ether oxygens (including phenoxy) is 1. The average molecular weight is 329 g/mol. The second kappa shape index (κ2) is 8.57. The molecule has 0 unspecified atom stereocenters. The van der Waals surface area contributed by atoms with E-state index in [4.69, 9.17) is 9.84 Å². The van der Waals surface area contributed by atoms with Crippen LogP contribution >= 0.6 is 0 Å². The maximum atomic E-state index is 12.0. The summed E-state index contributed by atoms with van der Waals surface area (Å²) in [5, 5.41) is 8.66. The fourth-order valence-electron chi connectivity index (χ4n) is 2.33. The molecule has 128 valence electrons. The Labute approximate surface area is 133 Å². The van der Waals surface area contributed by atoms with Crippen molar-refractivity contribution in [2.45, 2.75) is 32.3 Å². The molecule has 1 aromatic carbocycles. The minimum Gasteiger partial charge on any atom is -0.480 e. The molecule has 0 spiro atoms. The maximum Gasteiger partial charge on any atom is 0.323 e. The van der Waals surface area contributed by atoms with Crippen LogP contribution in [0.15, 0.2) is 24.3 Å². The van der Waals surface area contributed by atoms with E-state index in [1.165, 1.54) is 23.1 Å². The van der Waals surface area contributed by atoms with Crippen molar-refractivity contribution in [3.05, 3.63) is 35.9 Å². The number of amides is 1. The zero-order chi connectivity index (χ0) is 17.5. The summed E-state index contributed by atoms with van der Waals surface area (Å²) < 4.78 is 29.4. The summed E-state index contributed by atoms with van der Waals surface area (Å²) in [6.45, 7) is 4.31. The minimum atomic E-state index is -0.980. The summed E-state index contributed by atoms with van der Waals surface area (Å²) in [6.07, 6.45) is 1.16. The lowest BCUT2D eigenvalue weighted by atomic mass is 9.94. The van der Waals surface area contributed by atoms with Crippen molar-refractivity contribution in [2.75, 3.05) is 19.7 Å². The van der Waals surface area contributed by atoms with Crippen LogP contribution in [0.3, 0.4) is 0 Å². The Balaban J connectivity index is 0.000000277. The Bertz CT molecular complexity index is 529. The zero-order valence-electron chi connectivity index (χ0n) is 13.2. The minimum absolute atomic E-state index is 0.193. The van der Waals surface area contributed by atoms with E-state index in [2.05, 4.69) is 0 Å². The largest absolute Gasteiger partial charge is 0.480 e. The molecule has 1 aromatic rings. The molecule has 1 aliphatic heterocycles. The van der Waals surface area contributed by atoms with E-state index < -0.39 is 23.2 Å². The Kier molecular flexibility index (Phi) is 7.09. The highest BCUT2D eigenvalue weighted by Gasteiger charge is 2.42. The SMILES string of the molecule is CCC1(CC)OCCN(CC(=O)O)C1=O.Fc1cccc(F)c1. The number of hydrogen-bond donors (Lipinski definition) is 1. The van der Waals surface area contributed by atoms with Crippen LogP contribution in [-0.4, -0.2) is 47.2 Å². The van der Waals surface area contributed by atoms with Crippen LogP contribution in [0.25, 0.3) is 0 Å². The molecule has 0 aliphatic carbocycles. The molecule has 1 fully saturated rings. The smallest absolute Gasteiger partial charge is 0.323 e. The van der Waals surface area contributed by atoms with Crippen molar-refractivity contribution in [3.63, 3.8) is 0 Å². The molecule has 7 heteroatoms. The van der Waals surface area contributed by atoms with Crippen LogP contribution in [0.1, 0.15) is 26.7 Å². The van der Waals surface area contributed by atoms with Crippen molar-refractivity contribution in [2.24, 2.45) is 0 Å². The molecule has 1 heterocycles. The molecular weight excluding hydrogens is 308 g/mol. The maximum absolute atomic E-state index is 12.0. The van der Waals surface area contributed by atoms with Crippen molar-refractivity contribution in [1.29, 1.82) is 0 Å². The van der Waals surface area contributed by atoms with Gasteiger partial charge in [-0.25, -0.2) is 8.78 Å². The Morgan fingerprint density at radius 2 is 1.87 bits per heavy atom. The summed E-state index contributed by atoms with van der Waals surface area (Å²) in [5.74, 6) is -2.25. The molecule has 0 saturated carbocycles. The van der Waals surface area contributed by atoms with Crippen LogP contribution in [0.5, 0.6) is 0 Å². The van der Waals surface area contributed by atoms with E-state index in [1.807, 2.05) is 13.8 Å². The van der Waals surface area contributed by atoms with Gasteiger partial charge in [0, 0.05) is 12.6 Å². The van der Waals surface area contributed by atoms with Gasteiger partial charge in [-0.2, -0.15) is 0 Å². The third kappa shape index (κ3) is 5.28. The standard InChI is InChI=1S/C10H17NO4.C6H4F2/c1-3-10(4-2)9(14)11(5-6-15-10)7-8(12)13;7-5-2-1-3-6(8)4-5/h3-7H2,1-2H3,(H,12,13);1-4H. The number of aliphatic carboxylic acids is 1. The molecule has 0 atom stereocenters. The summed E-state index contributed by atoms with van der Waals surface area (Å²) in [5.41, 5.74) is -0.798. The quantitative estimate of drug-likeness (QED) is 0.921. The number of carboxylic acids is 1. The van der Waals surface area contributed by atoms with E-state index in [0.29, 0.717) is 26.0 Å². The van der Waals surface area contributed by atoms with Gasteiger partial charge in [-0.1, -0.05) is 19.9 Å². The van der Waals surface area contributed by atoms with Gasteiger partial charge in [0.15, 0.2) is 0 Å². The fraction of sp³-hybridized carbons (Fsp3) is 0.500. The van der Waals surface area contributed by atoms with Crippen molar-refractivity contribution in [1.82, 2.24) is 4.90 Å². The number of hydrogen-bond acceptors (Lipinski definition) is 3. The van der Waals surface area contributed by atoms with Gasteiger partial charge in [-0.3, -0.25) is 9.59 Å². The van der Waals surface area contributed by atoms with Crippen LogP contribution < -0.4 is 0 Å². The second-order valence-electron chi connectivity index (χ2n) is 5.11. The molecule has 1 amide bonds. The first-order valence-electron chi connectivity index (χ1n) is 7.40. The topological polar surface area (TPSA) is 66.8 Å². The Hall–Kier alpha value is -2.02. The zero-order valence-corrected chi connectivity index (χ0v) is 13.2. The molecule has 23 heavy (non-hydrogen) atoms. The van der Waals surface area contributed by atoms with Crippen LogP contribution in [0.2, 0.25) is 0 Å². The number of halogens is 2. The molecule has 0 bridgehead atoms. The molecule has 1 N–H and O–H groups in total. The number of carbonyl (C=O) groups excluding carboxylic acids is 1. The van der Waals surface area contributed by atoms with Gasteiger partial charge in [0.25, 0.3) is 5.91 Å². The number of rotatable bonds is 4. The molecular formula is C16H21F2NO4. The molecule has 5 nitrogen and oxygen atoms in total. The lowest BCUT2D eigenvalue weighted by molar-refractivity contribution is -0.175. The first-order valence-corrected chi connectivity index (χ1v) is 7.40. The molecule has 1 saturated heterocycles. The van der Waals surface area contributed by atoms with Crippen molar-refractivity contribution >= 4 is 11.9 Å². The van der Waals surface area contributed by atoms with Gasteiger partial charge in [0.2, 0.25) is 0 Å². The predicted octanol–water partition coefficient (Wildman–Crippen LogP) is 2.45. The Morgan fingerprint density at radius 1 is 1.30 bits per heavy atom. The van der Waals surface area contributed by atoms with Gasteiger partial charge in [0.05, 0.1) is 6.61 Å². The number of nitrogens with zero attached hydrogens (tertiary/aromatic N) is 1. The highest BCUT2D eigenvalue weighted by Crippen LogP contribution is 2.26. The lowest BCUT2D eigenvalue weighted by Gasteiger charge is -2.40. The predicted molar refractivity (Wildman–Crippen MR) is 79.8 cm³/mol. The molecule has 1 aliphatic rings. The highest BCUT2D eigenvalue weighted by molar-refractivity contribution is 5.88. The number of benzene rings is 1. The van der Waals surface area contributed by atoms with E-state index in [9.17, 15) is 18.4 Å². The van der Waals surface area contributed by atoms with Crippen molar-refractivity contribution in [3.8, 4) is 0 Å². The monoisotopic (exact) mass is 329 g/mol. The summed E-state index contributed by atoms with van der Waals surface area (Å²) in [6, 6.07) is 4.55. The number of carbonyl (C=O) groups is 2. The molecule has 0 aromatic heterocycles. The molecule has 2 rings (SSSR count). The summed E-state index contributed by atoms with van der Waals surface area (Å²) in [7, 11) is 0. The normalized spacial score (nSPS) is 16.5. The summed E-state index contributed by atoms with van der Waals surface area (Å²) in [4.78, 5) is 23.9. The van der Waals surface area contributed by atoms with E-state index in [0.717, 1.165) is 6.07 Å². The molecule has 0 radical (unpaired) electrons. The van der Waals surface area contributed by atoms with Crippen LogP contribution in [-0.2, 0) is 14.3 Å². The van der Waals surface area contributed by atoms with E-state index >= 15 is 0 Å². The van der Waals surface area contributed by atoms with Crippen LogP contribution in [0, 0.1) is 11.6 Å². The number of carboxylic acid groups (broad SMARTS) is 1. The van der Waals surface area contributed by atoms with E-state index in [-0.39, 0.29) is 12.5 Å². The lowest BCUT2D eigenvalue weighted by Crippen LogP contribution is -2.57. The van der Waals surface area contributed by atoms with Gasteiger partial charge in [-0.15, -0.1) is 0 Å². The second-order valence-corrected chi connectivity index (χ2v) is 5.11.